The lowest BCUT2D eigenvalue weighted by Gasteiger charge is -2.21. The maximum atomic E-state index is 11.8. The molecule has 1 amide bonds. The number of nitrogens with zero attached hydrogens (tertiary/aromatic N) is 2. The van der Waals surface area contributed by atoms with Gasteiger partial charge in [0.1, 0.15) is 0 Å². The molecule has 0 saturated heterocycles. The number of alkyl halides is 1. The van der Waals surface area contributed by atoms with Crippen LogP contribution in [0.25, 0.3) is 0 Å². The first kappa shape index (κ1) is 12.5. The molecule has 1 aromatic rings. The second kappa shape index (κ2) is 6.86. The van der Waals surface area contributed by atoms with E-state index < -0.39 is 0 Å². The fourth-order valence-electron chi connectivity index (χ4n) is 1.38. The Bertz CT molecular complexity index is 372. The molecule has 0 heterocycles. The summed E-state index contributed by atoms with van der Waals surface area (Å²) in [6.45, 7) is 0.413. The smallest absolute Gasteiger partial charge is 0.228 e. The molecule has 0 spiro atoms. The van der Waals surface area contributed by atoms with Crippen molar-refractivity contribution in [2.24, 2.45) is 0 Å². The summed E-state index contributed by atoms with van der Waals surface area (Å²) in [5, 5.41) is 8.56. The van der Waals surface area contributed by atoms with E-state index in [0.29, 0.717) is 25.3 Å². The van der Waals surface area contributed by atoms with Gasteiger partial charge in [0.05, 0.1) is 12.5 Å². The van der Waals surface area contributed by atoms with Crippen LogP contribution in [-0.2, 0) is 4.79 Å². The molecule has 0 unspecified atom stereocenters. The minimum Gasteiger partial charge on any atom is -0.311 e. The fourth-order valence-corrected chi connectivity index (χ4v) is 1.54. The monoisotopic (exact) mass is 236 g/mol. The Balaban J connectivity index is 2.79. The number of hydrogen-bond donors (Lipinski definition) is 0. The van der Waals surface area contributed by atoms with E-state index in [1.165, 1.54) is 0 Å². The first-order valence-electron chi connectivity index (χ1n) is 5.08. The van der Waals surface area contributed by atoms with Gasteiger partial charge in [0.25, 0.3) is 0 Å². The third kappa shape index (κ3) is 3.56. The highest BCUT2D eigenvalue weighted by atomic mass is 35.5. The highest BCUT2D eigenvalue weighted by molar-refractivity contribution is 6.19. The van der Waals surface area contributed by atoms with Gasteiger partial charge in [0.2, 0.25) is 5.91 Å². The molecule has 0 aliphatic rings. The van der Waals surface area contributed by atoms with E-state index in [0.717, 1.165) is 5.69 Å². The van der Waals surface area contributed by atoms with Crippen LogP contribution < -0.4 is 4.90 Å². The molecule has 0 bridgehead atoms. The SMILES string of the molecule is N#CCCN(C(=O)CCCl)c1ccccc1. The largest absolute Gasteiger partial charge is 0.311 e. The van der Waals surface area contributed by atoms with Crippen LogP contribution in [0.3, 0.4) is 0 Å². The Kier molecular flexibility index (Phi) is 5.38. The molecule has 84 valence electrons. The summed E-state index contributed by atoms with van der Waals surface area (Å²) in [4.78, 5) is 13.4. The average molecular weight is 237 g/mol. The van der Waals surface area contributed by atoms with Gasteiger partial charge in [-0.05, 0) is 12.1 Å². The van der Waals surface area contributed by atoms with E-state index in [2.05, 4.69) is 0 Å². The second-order valence-corrected chi connectivity index (χ2v) is 3.61. The van der Waals surface area contributed by atoms with Crippen LogP contribution in [0.1, 0.15) is 12.8 Å². The van der Waals surface area contributed by atoms with Crippen LogP contribution in [0.15, 0.2) is 30.3 Å². The van der Waals surface area contributed by atoms with E-state index in [-0.39, 0.29) is 5.91 Å². The van der Waals surface area contributed by atoms with Gasteiger partial charge in [-0.2, -0.15) is 5.26 Å². The molecule has 0 N–H and O–H groups in total. The van der Waals surface area contributed by atoms with Gasteiger partial charge in [0, 0.05) is 24.5 Å². The minimum atomic E-state index is -0.0450. The van der Waals surface area contributed by atoms with Gasteiger partial charge in [0.15, 0.2) is 0 Å². The first-order valence-corrected chi connectivity index (χ1v) is 5.61. The molecule has 0 aliphatic heterocycles. The Morgan fingerprint density at radius 3 is 2.62 bits per heavy atom. The highest BCUT2D eigenvalue weighted by Crippen LogP contribution is 2.15. The Labute approximate surface area is 100 Å². The summed E-state index contributed by atoms with van der Waals surface area (Å²) in [6, 6.07) is 11.4. The molecule has 0 aliphatic carbocycles. The summed E-state index contributed by atoms with van der Waals surface area (Å²) in [6.07, 6.45) is 0.616. The first-order chi connectivity index (χ1) is 7.79. The van der Waals surface area contributed by atoms with Crippen molar-refractivity contribution in [1.82, 2.24) is 0 Å². The summed E-state index contributed by atoms with van der Waals surface area (Å²) in [5.74, 6) is 0.255. The van der Waals surface area contributed by atoms with Crippen molar-refractivity contribution >= 4 is 23.2 Å². The lowest BCUT2D eigenvalue weighted by Crippen LogP contribution is -2.31. The Morgan fingerprint density at radius 2 is 2.06 bits per heavy atom. The maximum Gasteiger partial charge on any atom is 0.228 e. The summed E-state index contributed by atoms with van der Waals surface area (Å²) in [5.41, 5.74) is 0.813. The number of halogens is 1. The standard InChI is InChI=1S/C12H13ClN2O/c13-8-7-12(16)15(10-4-9-14)11-5-2-1-3-6-11/h1-3,5-6H,4,7-8,10H2. The van der Waals surface area contributed by atoms with Crippen molar-refractivity contribution in [1.29, 1.82) is 5.26 Å². The lowest BCUT2D eigenvalue weighted by atomic mass is 10.2. The van der Waals surface area contributed by atoms with Crippen molar-refractivity contribution in [3.05, 3.63) is 30.3 Å². The molecule has 0 aromatic heterocycles. The number of rotatable bonds is 5. The van der Waals surface area contributed by atoms with Gasteiger partial charge < -0.3 is 4.90 Å². The Morgan fingerprint density at radius 1 is 1.38 bits per heavy atom. The average Bonchev–Trinajstić information content (AvgIpc) is 2.31. The molecule has 1 rings (SSSR count). The van der Waals surface area contributed by atoms with Gasteiger partial charge >= 0.3 is 0 Å². The van der Waals surface area contributed by atoms with E-state index in [1.54, 1.807) is 4.90 Å². The van der Waals surface area contributed by atoms with Gasteiger partial charge in [-0.3, -0.25) is 4.79 Å². The van der Waals surface area contributed by atoms with E-state index in [9.17, 15) is 4.79 Å². The van der Waals surface area contributed by atoms with Crippen molar-refractivity contribution in [3.8, 4) is 6.07 Å². The van der Waals surface area contributed by atoms with Crippen LogP contribution in [0, 0.1) is 11.3 Å². The number of anilines is 1. The summed E-state index contributed by atoms with van der Waals surface area (Å²) < 4.78 is 0. The van der Waals surface area contributed by atoms with E-state index >= 15 is 0 Å². The quantitative estimate of drug-likeness (QED) is 0.738. The molecule has 16 heavy (non-hydrogen) atoms. The third-order valence-corrected chi connectivity index (χ3v) is 2.31. The summed E-state index contributed by atoms with van der Waals surface area (Å²) >= 11 is 5.55. The topological polar surface area (TPSA) is 44.1 Å². The van der Waals surface area contributed by atoms with Gasteiger partial charge in [-0.1, -0.05) is 18.2 Å². The molecule has 1 aromatic carbocycles. The number of carbonyl (C=O) groups excluding carboxylic acids is 1. The minimum absolute atomic E-state index is 0.0450. The molecule has 0 saturated carbocycles. The number of amides is 1. The molecule has 0 fully saturated rings. The lowest BCUT2D eigenvalue weighted by molar-refractivity contribution is -0.118. The fraction of sp³-hybridized carbons (Fsp3) is 0.333. The van der Waals surface area contributed by atoms with Crippen molar-refractivity contribution < 1.29 is 4.79 Å². The van der Waals surface area contributed by atoms with Gasteiger partial charge in [-0.25, -0.2) is 0 Å². The number of benzene rings is 1. The number of para-hydroxylation sites is 1. The van der Waals surface area contributed by atoms with Crippen LogP contribution >= 0.6 is 11.6 Å². The number of hydrogen-bond acceptors (Lipinski definition) is 2. The molecule has 3 nitrogen and oxygen atoms in total. The maximum absolute atomic E-state index is 11.8. The van der Waals surface area contributed by atoms with Crippen LogP contribution in [0.4, 0.5) is 5.69 Å². The van der Waals surface area contributed by atoms with Crippen LogP contribution in [-0.4, -0.2) is 18.3 Å². The predicted octanol–water partition coefficient (Wildman–Crippen LogP) is 2.56. The normalized spacial score (nSPS) is 9.50. The van der Waals surface area contributed by atoms with Crippen LogP contribution in [0.5, 0.6) is 0 Å². The van der Waals surface area contributed by atoms with Crippen LogP contribution in [0.2, 0.25) is 0 Å². The van der Waals surface area contributed by atoms with Gasteiger partial charge in [-0.15, -0.1) is 11.6 Å². The van der Waals surface area contributed by atoms with E-state index in [4.69, 9.17) is 16.9 Å². The Hall–Kier alpha value is -1.53. The molecule has 0 atom stereocenters. The third-order valence-electron chi connectivity index (χ3n) is 2.12. The second-order valence-electron chi connectivity index (χ2n) is 3.23. The molecule has 0 radical (unpaired) electrons. The highest BCUT2D eigenvalue weighted by Gasteiger charge is 2.13. The van der Waals surface area contributed by atoms with Crippen molar-refractivity contribution in [2.75, 3.05) is 17.3 Å². The number of carbonyl (C=O) groups is 1. The molecule has 4 heteroatoms. The van der Waals surface area contributed by atoms with E-state index in [1.807, 2.05) is 36.4 Å². The molecular formula is C12H13ClN2O. The predicted molar refractivity (Wildman–Crippen MR) is 64.4 cm³/mol. The zero-order valence-corrected chi connectivity index (χ0v) is 9.65. The summed E-state index contributed by atoms with van der Waals surface area (Å²) in [7, 11) is 0. The van der Waals surface area contributed by atoms with Crippen molar-refractivity contribution in [2.45, 2.75) is 12.8 Å². The molecular weight excluding hydrogens is 224 g/mol. The zero-order valence-electron chi connectivity index (χ0n) is 8.90. The van der Waals surface area contributed by atoms with Crippen molar-refractivity contribution in [3.63, 3.8) is 0 Å². The zero-order chi connectivity index (χ0) is 11.8. The number of nitriles is 1.